The number of carbonyl (C=O) groups is 1. The van der Waals surface area contributed by atoms with E-state index in [9.17, 15) is 9.36 Å². The van der Waals surface area contributed by atoms with Gasteiger partial charge in [-0.2, -0.15) is 5.10 Å². The molecule has 1 aliphatic heterocycles. The molecule has 1 aliphatic rings. The van der Waals surface area contributed by atoms with E-state index in [2.05, 4.69) is 11.2 Å². The maximum Gasteiger partial charge on any atom is 0.337 e. The first-order chi connectivity index (χ1) is 12.6. The monoisotopic (exact) mass is 372 g/mol. The van der Waals surface area contributed by atoms with E-state index in [0.717, 1.165) is 12.1 Å². The van der Waals surface area contributed by atoms with Crippen LogP contribution in [0.15, 0.2) is 59.7 Å². The van der Waals surface area contributed by atoms with Crippen LogP contribution in [0.3, 0.4) is 0 Å². The SMILES string of the molecule is COP(=O)(CC(=O)/C(=N/N1CCc2ccccc21)c1ccccc1)OC. The highest BCUT2D eigenvalue weighted by Gasteiger charge is 2.30. The van der Waals surface area contributed by atoms with Gasteiger partial charge in [0.1, 0.15) is 11.9 Å². The lowest BCUT2D eigenvalue weighted by atomic mass is 10.1. The van der Waals surface area contributed by atoms with Crippen LogP contribution in [0.5, 0.6) is 0 Å². The molecule has 0 bridgehead atoms. The molecule has 2 aromatic carbocycles. The number of Topliss-reactive ketones (excluding diaryl/α,β-unsaturated/α-hetero) is 1. The van der Waals surface area contributed by atoms with Crippen molar-refractivity contribution in [2.45, 2.75) is 6.42 Å². The van der Waals surface area contributed by atoms with Crippen LogP contribution >= 0.6 is 7.60 Å². The Labute approximate surface area is 153 Å². The first-order valence-corrected chi connectivity index (χ1v) is 10.0. The summed E-state index contributed by atoms with van der Waals surface area (Å²) in [6, 6.07) is 17.1. The minimum atomic E-state index is -3.47. The molecule has 0 aliphatic carbocycles. The molecular formula is C19H21N2O4P. The van der Waals surface area contributed by atoms with Crippen molar-refractivity contribution in [2.75, 3.05) is 31.9 Å². The second-order valence-electron chi connectivity index (χ2n) is 5.87. The summed E-state index contributed by atoms with van der Waals surface area (Å²) in [7, 11) is -0.928. The van der Waals surface area contributed by atoms with Gasteiger partial charge in [0.2, 0.25) is 0 Å². The Morgan fingerprint density at radius 3 is 2.42 bits per heavy atom. The predicted octanol–water partition coefficient (Wildman–Crippen LogP) is 3.51. The summed E-state index contributed by atoms with van der Waals surface area (Å²) in [5, 5.41) is 6.43. The van der Waals surface area contributed by atoms with Gasteiger partial charge in [-0.25, -0.2) is 0 Å². The van der Waals surface area contributed by atoms with Gasteiger partial charge in [-0.05, 0) is 18.1 Å². The van der Waals surface area contributed by atoms with Gasteiger partial charge in [-0.1, -0.05) is 48.5 Å². The zero-order valence-electron chi connectivity index (χ0n) is 14.8. The normalized spacial score (nSPS) is 14.4. The molecule has 7 heteroatoms. The van der Waals surface area contributed by atoms with Crippen molar-refractivity contribution in [3.8, 4) is 0 Å². The Morgan fingerprint density at radius 2 is 1.73 bits per heavy atom. The highest BCUT2D eigenvalue weighted by molar-refractivity contribution is 7.55. The van der Waals surface area contributed by atoms with Gasteiger partial charge in [0.15, 0.2) is 5.78 Å². The van der Waals surface area contributed by atoms with Crippen molar-refractivity contribution in [3.63, 3.8) is 0 Å². The number of para-hydroxylation sites is 1. The van der Waals surface area contributed by atoms with Crippen LogP contribution in [0, 0.1) is 0 Å². The molecule has 0 N–H and O–H groups in total. The van der Waals surface area contributed by atoms with Gasteiger partial charge in [0, 0.05) is 26.3 Å². The van der Waals surface area contributed by atoms with Crippen molar-refractivity contribution in [1.29, 1.82) is 0 Å². The number of hydrazone groups is 1. The van der Waals surface area contributed by atoms with E-state index in [1.807, 2.05) is 53.5 Å². The fraction of sp³-hybridized carbons (Fsp3) is 0.263. The first-order valence-electron chi connectivity index (χ1n) is 8.29. The second-order valence-corrected chi connectivity index (χ2v) is 8.14. The molecule has 0 spiro atoms. The highest BCUT2D eigenvalue weighted by atomic mass is 31.2. The van der Waals surface area contributed by atoms with Gasteiger partial charge in [0.25, 0.3) is 0 Å². The Bertz CT molecular complexity index is 859. The minimum absolute atomic E-state index is 0.247. The maximum absolute atomic E-state index is 12.9. The Morgan fingerprint density at radius 1 is 1.08 bits per heavy atom. The van der Waals surface area contributed by atoms with Crippen LogP contribution in [0.2, 0.25) is 0 Å². The van der Waals surface area contributed by atoms with Gasteiger partial charge in [-0.15, -0.1) is 0 Å². The molecule has 26 heavy (non-hydrogen) atoms. The third-order valence-corrected chi connectivity index (χ3v) is 6.08. The van der Waals surface area contributed by atoms with E-state index in [-0.39, 0.29) is 17.7 Å². The topological polar surface area (TPSA) is 68.2 Å². The summed E-state index contributed by atoms with van der Waals surface area (Å²) >= 11 is 0. The van der Waals surface area contributed by atoms with E-state index in [1.165, 1.54) is 19.8 Å². The molecule has 2 aromatic rings. The molecule has 3 rings (SSSR count). The zero-order valence-corrected chi connectivity index (χ0v) is 15.7. The average molecular weight is 372 g/mol. The molecule has 0 radical (unpaired) electrons. The average Bonchev–Trinajstić information content (AvgIpc) is 3.09. The minimum Gasteiger partial charge on any atom is -0.312 e. The molecule has 0 saturated carbocycles. The Balaban J connectivity index is 1.97. The number of ketones is 1. The van der Waals surface area contributed by atoms with Gasteiger partial charge < -0.3 is 9.05 Å². The fourth-order valence-corrected chi connectivity index (χ4v) is 3.78. The molecule has 0 atom stereocenters. The van der Waals surface area contributed by atoms with E-state index in [1.54, 1.807) is 0 Å². The van der Waals surface area contributed by atoms with Crippen molar-refractivity contribution in [2.24, 2.45) is 5.10 Å². The number of rotatable bonds is 7. The fourth-order valence-electron chi connectivity index (χ4n) is 2.87. The third-order valence-electron chi connectivity index (χ3n) is 4.29. The molecule has 6 nitrogen and oxygen atoms in total. The number of anilines is 1. The smallest absolute Gasteiger partial charge is 0.312 e. The molecule has 0 fully saturated rings. The summed E-state index contributed by atoms with van der Waals surface area (Å²) in [6.45, 7) is 0.690. The number of fused-ring (bicyclic) bond motifs is 1. The molecule has 0 unspecified atom stereocenters. The zero-order chi connectivity index (χ0) is 18.6. The van der Waals surface area contributed by atoms with Crippen molar-refractivity contribution < 1.29 is 18.4 Å². The molecule has 0 aromatic heterocycles. The van der Waals surface area contributed by atoms with Crippen LogP contribution in [0.25, 0.3) is 0 Å². The van der Waals surface area contributed by atoms with Crippen molar-refractivity contribution in [1.82, 2.24) is 0 Å². The van der Waals surface area contributed by atoms with Crippen LogP contribution in [-0.2, 0) is 24.8 Å². The van der Waals surface area contributed by atoms with Gasteiger partial charge in [0.05, 0.1) is 5.69 Å². The Hall–Kier alpha value is -2.27. The standard InChI is InChI=1S/C19H21N2O4P/c1-24-26(23,25-2)14-18(22)19(16-9-4-3-5-10-16)20-21-13-12-15-8-6-7-11-17(15)21/h3-11H,12-14H2,1-2H3/b20-19+. The van der Waals surface area contributed by atoms with E-state index < -0.39 is 7.60 Å². The number of benzene rings is 2. The van der Waals surface area contributed by atoms with E-state index >= 15 is 0 Å². The lowest BCUT2D eigenvalue weighted by molar-refractivity contribution is -0.111. The number of hydrogen-bond acceptors (Lipinski definition) is 6. The molecular weight excluding hydrogens is 351 g/mol. The lowest BCUT2D eigenvalue weighted by Gasteiger charge is -2.17. The summed E-state index contributed by atoms with van der Waals surface area (Å²) in [6.07, 6.45) is 0.508. The predicted molar refractivity (Wildman–Crippen MR) is 102 cm³/mol. The highest BCUT2D eigenvalue weighted by Crippen LogP contribution is 2.46. The van der Waals surface area contributed by atoms with Crippen LogP contribution < -0.4 is 5.01 Å². The van der Waals surface area contributed by atoms with Crippen LogP contribution in [-0.4, -0.2) is 38.4 Å². The number of carbonyl (C=O) groups excluding carboxylic acids is 1. The van der Waals surface area contributed by atoms with Crippen molar-refractivity contribution in [3.05, 3.63) is 65.7 Å². The first kappa shape index (κ1) is 18.5. The summed E-state index contributed by atoms with van der Waals surface area (Å²) < 4.78 is 22.2. The summed E-state index contributed by atoms with van der Waals surface area (Å²) in [5.74, 6) is -0.382. The van der Waals surface area contributed by atoms with E-state index in [4.69, 9.17) is 9.05 Å². The second kappa shape index (κ2) is 7.96. The number of hydrogen-bond donors (Lipinski definition) is 0. The van der Waals surface area contributed by atoms with Crippen LogP contribution in [0.4, 0.5) is 5.69 Å². The van der Waals surface area contributed by atoms with Gasteiger partial charge in [-0.3, -0.25) is 14.4 Å². The lowest BCUT2D eigenvalue weighted by Crippen LogP contribution is -2.25. The largest absolute Gasteiger partial charge is 0.337 e. The van der Waals surface area contributed by atoms with Crippen molar-refractivity contribution >= 4 is 24.8 Å². The third kappa shape index (κ3) is 3.93. The van der Waals surface area contributed by atoms with Gasteiger partial charge >= 0.3 is 7.60 Å². The maximum atomic E-state index is 12.9. The summed E-state index contributed by atoms with van der Waals surface area (Å²) in [4.78, 5) is 12.9. The Kier molecular flexibility index (Phi) is 5.67. The molecule has 136 valence electrons. The van der Waals surface area contributed by atoms with E-state index in [0.29, 0.717) is 12.1 Å². The molecule has 0 saturated heterocycles. The summed E-state index contributed by atoms with van der Waals surface area (Å²) in [5.41, 5.74) is 3.09. The molecule has 1 heterocycles. The molecule has 0 amide bonds. The van der Waals surface area contributed by atoms with Crippen LogP contribution in [0.1, 0.15) is 11.1 Å². The quantitative estimate of drug-likeness (QED) is 0.550. The number of nitrogens with zero attached hydrogens (tertiary/aromatic N) is 2.